The van der Waals surface area contributed by atoms with Gasteiger partial charge in [-0.25, -0.2) is 4.79 Å². The van der Waals surface area contributed by atoms with Gasteiger partial charge in [-0.15, -0.1) is 0 Å². The normalized spacial score (nSPS) is 11.4. The van der Waals surface area contributed by atoms with Gasteiger partial charge in [0.2, 0.25) is 0 Å². The first kappa shape index (κ1) is 16.5. The lowest BCUT2D eigenvalue weighted by Crippen LogP contribution is -2.47. The second-order valence-electron chi connectivity index (χ2n) is 4.28. The topological polar surface area (TPSA) is 69.6 Å². The molecule has 0 heterocycles. The summed E-state index contributed by atoms with van der Waals surface area (Å²) in [5.74, 6) is -1.20. The molecule has 0 rings (SSSR count). The summed E-state index contributed by atoms with van der Waals surface area (Å²) in [6.45, 7) is 1.46. The van der Waals surface area contributed by atoms with Crippen LogP contribution in [-0.4, -0.2) is 47.8 Å². The van der Waals surface area contributed by atoms with E-state index in [1.165, 1.54) is 0 Å². The standard InChI is InChI=1S/C10H17F3N2O3/c1-7(2)3-4-14-9(18)15(5-8(16)17)6-10(11,12)13/h7H,3-6H2,1-2H3,(H,14,18)(H,16,17). The van der Waals surface area contributed by atoms with Gasteiger partial charge in [-0.2, -0.15) is 13.2 Å². The lowest BCUT2D eigenvalue weighted by atomic mass is 10.1. The molecule has 5 nitrogen and oxygen atoms in total. The van der Waals surface area contributed by atoms with Crippen LogP contribution < -0.4 is 5.32 Å². The molecule has 0 saturated heterocycles. The molecule has 0 fully saturated rings. The van der Waals surface area contributed by atoms with Crippen LogP contribution in [0.1, 0.15) is 20.3 Å². The summed E-state index contributed by atoms with van der Waals surface area (Å²) in [5.41, 5.74) is 0. The van der Waals surface area contributed by atoms with Crippen molar-refractivity contribution in [3.63, 3.8) is 0 Å². The fourth-order valence-electron chi connectivity index (χ4n) is 1.16. The van der Waals surface area contributed by atoms with Crippen LogP contribution in [0.25, 0.3) is 0 Å². The molecule has 0 aromatic carbocycles. The van der Waals surface area contributed by atoms with Crippen LogP contribution in [0.3, 0.4) is 0 Å². The number of aliphatic carboxylic acids is 1. The Morgan fingerprint density at radius 1 is 1.33 bits per heavy atom. The Morgan fingerprint density at radius 3 is 2.28 bits per heavy atom. The molecule has 0 aliphatic heterocycles. The summed E-state index contributed by atoms with van der Waals surface area (Å²) in [4.78, 5) is 22.0. The highest BCUT2D eigenvalue weighted by Gasteiger charge is 2.33. The zero-order chi connectivity index (χ0) is 14.3. The largest absolute Gasteiger partial charge is 0.480 e. The van der Waals surface area contributed by atoms with Gasteiger partial charge in [-0.3, -0.25) is 4.79 Å². The van der Waals surface area contributed by atoms with Crippen LogP contribution in [0.15, 0.2) is 0 Å². The van der Waals surface area contributed by atoms with Crippen LogP contribution >= 0.6 is 0 Å². The maximum absolute atomic E-state index is 12.2. The van der Waals surface area contributed by atoms with E-state index < -0.39 is 31.3 Å². The minimum atomic E-state index is -4.62. The van der Waals surface area contributed by atoms with Crippen molar-refractivity contribution in [2.45, 2.75) is 26.4 Å². The third-order valence-corrected chi connectivity index (χ3v) is 1.98. The molecule has 2 N–H and O–H groups in total. The van der Waals surface area contributed by atoms with Gasteiger partial charge in [-0.05, 0) is 12.3 Å². The molecular weight excluding hydrogens is 253 g/mol. The number of nitrogens with zero attached hydrogens (tertiary/aromatic N) is 1. The van der Waals surface area contributed by atoms with Crippen molar-refractivity contribution in [2.75, 3.05) is 19.6 Å². The number of carbonyl (C=O) groups is 2. The lowest BCUT2D eigenvalue weighted by Gasteiger charge is -2.22. The van der Waals surface area contributed by atoms with Crippen molar-refractivity contribution in [3.05, 3.63) is 0 Å². The summed E-state index contributed by atoms with van der Waals surface area (Å²) in [7, 11) is 0. The molecule has 0 radical (unpaired) electrons. The minimum Gasteiger partial charge on any atom is -0.480 e. The van der Waals surface area contributed by atoms with Gasteiger partial charge >= 0.3 is 18.2 Å². The third kappa shape index (κ3) is 8.66. The summed E-state index contributed by atoms with van der Waals surface area (Å²) in [6.07, 6.45) is -4.01. The summed E-state index contributed by atoms with van der Waals surface area (Å²) in [6, 6.07) is -1.02. The molecule has 8 heteroatoms. The second kappa shape index (κ2) is 7.07. The van der Waals surface area contributed by atoms with Crippen LogP contribution in [0.2, 0.25) is 0 Å². The predicted octanol–water partition coefficient (Wildman–Crippen LogP) is 1.69. The van der Waals surface area contributed by atoms with Crippen LogP contribution in [0.4, 0.5) is 18.0 Å². The van der Waals surface area contributed by atoms with Gasteiger partial charge in [0.25, 0.3) is 0 Å². The van der Waals surface area contributed by atoms with Gasteiger partial charge < -0.3 is 15.3 Å². The highest BCUT2D eigenvalue weighted by molar-refractivity contribution is 5.80. The summed E-state index contributed by atoms with van der Waals surface area (Å²) >= 11 is 0. The van der Waals surface area contributed by atoms with Crippen molar-refractivity contribution < 1.29 is 27.9 Å². The number of alkyl halides is 3. The van der Waals surface area contributed by atoms with Crippen molar-refractivity contribution in [1.29, 1.82) is 0 Å². The molecular formula is C10H17F3N2O3. The van der Waals surface area contributed by atoms with Gasteiger partial charge in [0.15, 0.2) is 0 Å². The molecule has 2 amide bonds. The zero-order valence-corrected chi connectivity index (χ0v) is 10.3. The maximum atomic E-state index is 12.2. The number of carboxylic acid groups (broad SMARTS) is 1. The van der Waals surface area contributed by atoms with Crippen molar-refractivity contribution in [1.82, 2.24) is 10.2 Å². The molecule has 0 atom stereocenters. The van der Waals surface area contributed by atoms with E-state index in [1.807, 2.05) is 13.8 Å². The average Bonchev–Trinajstić information content (AvgIpc) is 2.12. The molecule has 0 spiro atoms. The first-order valence-corrected chi connectivity index (χ1v) is 5.43. The molecule has 0 unspecified atom stereocenters. The van der Waals surface area contributed by atoms with Gasteiger partial charge in [0.05, 0.1) is 0 Å². The Hall–Kier alpha value is -1.47. The van der Waals surface area contributed by atoms with Crippen molar-refractivity contribution >= 4 is 12.0 Å². The van der Waals surface area contributed by atoms with Crippen molar-refractivity contribution in [2.24, 2.45) is 5.92 Å². The Kier molecular flexibility index (Phi) is 6.50. The van der Waals surface area contributed by atoms with E-state index in [1.54, 1.807) is 0 Å². The predicted molar refractivity (Wildman–Crippen MR) is 58.1 cm³/mol. The first-order valence-electron chi connectivity index (χ1n) is 5.43. The Morgan fingerprint density at radius 2 is 1.89 bits per heavy atom. The fourth-order valence-corrected chi connectivity index (χ4v) is 1.16. The Balaban J connectivity index is 4.36. The Bertz CT molecular complexity index is 293. The lowest BCUT2D eigenvalue weighted by molar-refractivity contribution is -0.148. The van der Waals surface area contributed by atoms with E-state index in [4.69, 9.17) is 5.11 Å². The number of carbonyl (C=O) groups excluding carboxylic acids is 1. The quantitative estimate of drug-likeness (QED) is 0.771. The number of amides is 2. The SMILES string of the molecule is CC(C)CCNC(=O)N(CC(=O)O)CC(F)(F)F. The van der Waals surface area contributed by atoms with E-state index in [0.29, 0.717) is 12.3 Å². The zero-order valence-electron chi connectivity index (χ0n) is 10.3. The monoisotopic (exact) mass is 270 g/mol. The number of hydrogen-bond donors (Lipinski definition) is 2. The smallest absolute Gasteiger partial charge is 0.406 e. The van der Waals surface area contributed by atoms with E-state index in [0.717, 1.165) is 0 Å². The van der Waals surface area contributed by atoms with Crippen molar-refractivity contribution in [3.8, 4) is 0 Å². The van der Waals surface area contributed by atoms with E-state index >= 15 is 0 Å². The minimum absolute atomic E-state index is 0.213. The fraction of sp³-hybridized carbons (Fsp3) is 0.800. The molecule has 0 saturated carbocycles. The maximum Gasteiger partial charge on any atom is 0.406 e. The second-order valence-corrected chi connectivity index (χ2v) is 4.28. The number of carboxylic acids is 1. The summed E-state index contributed by atoms with van der Waals surface area (Å²) < 4.78 is 36.5. The first-order chi connectivity index (χ1) is 8.11. The van der Waals surface area contributed by atoms with Gasteiger partial charge in [-0.1, -0.05) is 13.8 Å². The number of rotatable bonds is 6. The third-order valence-electron chi connectivity index (χ3n) is 1.98. The Labute approximate surface area is 103 Å². The average molecular weight is 270 g/mol. The van der Waals surface area contributed by atoms with E-state index in [-0.39, 0.29) is 11.4 Å². The van der Waals surface area contributed by atoms with E-state index in [2.05, 4.69) is 5.32 Å². The number of halogens is 3. The number of urea groups is 1. The number of hydrogen-bond acceptors (Lipinski definition) is 2. The molecule has 0 aromatic heterocycles. The molecule has 0 aliphatic carbocycles. The molecule has 18 heavy (non-hydrogen) atoms. The highest BCUT2D eigenvalue weighted by atomic mass is 19.4. The van der Waals surface area contributed by atoms with Crippen LogP contribution in [0.5, 0.6) is 0 Å². The van der Waals surface area contributed by atoms with Crippen LogP contribution in [0, 0.1) is 5.92 Å². The molecule has 0 bridgehead atoms. The van der Waals surface area contributed by atoms with E-state index in [9.17, 15) is 22.8 Å². The number of nitrogens with one attached hydrogen (secondary N) is 1. The summed E-state index contributed by atoms with van der Waals surface area (Å²) in [5, 5.41) is 10.7. The molecule has 0 aliphatic rings. The highest BCUT2D eigenvalue weighted by Crippen LogP contribution is 2.16. The molecule has 106 valence electrons. The van der Waals surface area contributed by atoms with Gasteiger partial charge in [0.1, 0.15) is 13.1 Å². The molecule has 0 aromatic rings. The van der Waals surface area contributed by atoms with Gasteiger partial charge in [0, 0.05) is 6.54 Å². The van der Waals surface area contributed by atoms with Crippen LogP contribution in [-0.2, 0) is 4.79 Å².